The van der Waals surface area contributed by atoms with Crippen molar-refractivity contribution in [3.05, 3.63) is 71.4 Å². The summed E-state index contributed by atoms with van der Waals surface area (Å²) in [6, 6.07) is 18.8. The maximum absolute atomic E-state index is 12.8. The number of rotatable bonds is 5. The molecule has 0 spiro atoms. The minimum Gasteiger partial charge on any atom is -0.351 e. The fourth-order valence-electron chi connectivity index (χ4n) is 4.26. The maximum Gasteiger partial charge on any atom is 0.270 e. The highest BCUT2D eigenvalue weighted by Crippen LogP contribution is 2.21. The van der Waals surface area contributed by atoms with E-state index >= 15 is 0 Å². The van der Waals surface area contributed by atoms with Gasteiger partial charge in [0.05, 0.1) is 0 Å². The summed E-state index contributed by atoms with van der Waals surface area (Å²) in [6.07, 6.45) is 2.30. The van der Waals surface area contributed by atoms with Crippen LogP contribution in [0.15, 0.2) is 54.6 Å². The molecule has 0 radical (unpaired) electrons. The molecule has 1 amide bonds. The highest BCUT2D eigenvalue weighted by molar-refractivity contribution is 5.97. The molecule has 1 aromatic heterocycles. The Hall–Kier alpha value is -2.59. The molecule has 1 fully saturated rings. The monoisotopic (exact) mass is 375 g/mol. The van der Waals surface area contributed by atoms with Crippen LogP contribution in [-0.2, 0) is 6.54 Å². The predicted octanol–water partition coefficient (Wildman–Crippen LogP) is 4.46. The molecular formula is C24H29N3O. The Morgan fingerprint density at radius 3 is 2.64 bits per heavy atom. The van der Waals surface area contributed by atoms with Crippen LogP contribution in [0.5, 0.6) is 0 Å². The van der Waals surface area contributed by atoms with Crippen LogP contribution < -0.4 is 0 Å². The number of carbonyl (C=O) groups is 1. The number of nitrogens with one attached hydrogen (secondary N) is 1. The van der Waals surface area contributed by atoms with Gasteiger partial charge in [0.2, 0.25) is 0 Å². The van der Waals surface area contributed by atoms with E-state index in [1.54, 1.807) is 0 Å². The number of piperidine rings is 1. The summed E-state index contributed by atoms with van der Waals surface area (Å²) in [4.78, 5) is 20.5. The van der Waals surface area contributed by atoms with Crippen LogP contribution in [0.2, 0.25) is 0 Å². The fraction of sp³-hybridized carbons (Fsp3) is 0.375. The average Bonchev–Trinajstić information content (AvgIpc) is 3.13. The standard InChI is InChI=1S/C24H29N3O/c1-18-6-5-7-20(14-18)17-27-12-10-19(11-13-27)16-26(2)24(28)23-15-21-8-3-4-9-22(21)25-23/h3-9,14-15,19,25H,10-13,16-17H2,1-2H3. The Bertz CT molecular complexity index is 920. The summed E-state index contributed by atoms with van der Waals surface area (Å²) in [7, 11) is 1.92. The number of hydrogen-bond donors (Lipinski definition) is 1. The van der Waals surface area contributed by atoms with E-state index < -0.39 is 0 Å². The third kappa shape index (κ3) is 4.28. The number of benzene rings is 2. The first kappa shape index (κ1) is 18.8. The average molecular weight is 376 g/mol. The normalized spacial score (nSPS) is 15.8. The molecule has 1 N–H and O–H groups in total. The number of nitrogens with zero attached hydrogens (tertiary/aromatic N) is 2. The van der Waals surface area contributed by atoms with Crippen LogP contribution in [0, 0.1) is 12.8 Å². The van der Waals surface area contributed by atoms with Crippen molar-refractivity contribution < 1.29 is 4.79 Å². The summed E-state index contributed by atoms with van der Waals surface area (Å²) in [5, 5.41) is 1.09. The van der Waals surface area contributed by atoms with Crippen molar-refractivity contribution in [2.75, 3.05) is 26.7 Å². The van der Waals surface area contributed by atoms with Gasteiger partial charge in [0.1, 0.15) is 5.69 Å². The molecule has 3 aromatic rings. The number of aryl methyl sites for hydroxylation is 1. The minimum absolute atomic E-state index is 0.0818. The van der Waals surface area contributed by atoms with Crippen LogP contribution in [0.3, 0.4) is 0 Å². The van der Waals surface area contributed by atoms with Gasteiger partial charge in [-0.2, -0.15) is 0 Å². The van der Waals surface area contributed by atoms with Crippen molar-refractivity contribution in [1.82, 2.24) is 14.8 Å². The van der Waals surface area contributed by atoms with Crippen molar-refractivity contribution in [2.24, 2.45) is 5.92 Å². The van der Waals surface area contributed by atoms with E-state index in [1.807, 2.05) is 42.3 Å². The van der Waals surface area contributed by atoms with E-state index in [1.165, 1.54) is 11.1 Å². The van der Waals surface area contributed by atoms with Gasteiger partial charge in [-0.25, -0.2) is 0 Å². The summed E-state index contributed by atoms with van der Waals surface area (Å²) < 4.78 is 0. The maximum atomic E-state index is 12.8. The second kappa shape index (κ2) is 8.19. The first-order chi connectivity index (χ1) is 13.6. The zero-order valence-corrected chi connectivity index (χ0v) is 16.8. The van der Waals surface area contributed by atoms with Crippen molar-refractivity contribution in [3.8, 4) is 0 Å². The van der Waals surface area contributed by atoms with Crippen LogP contribution >= 0.6 is 0 Å². The molecule has 0 bridgehead atoms. The number of aromatic nitrogens is 1. The van der Waals surface area contributed by atoms with Gasteiger partial charge in [-0.05, 0) is 56.5 Å². The zero-order valence-electron chi connectivity index (χ0n) is 16.8. The molecule has 0 saturated carbocycles. The lowest BCUT2D eigenvalue weighted by Crippen LogP contribution is -2.39. The molecule has 1 aliphatic heterocycles. The Balaban J connectivity index is 1.29. The summed E-state index contributed by atoms with van der Waals surface area (Å²) >= 11 is 0. The highest BCUT2D eigenvalue weighted by Gasteiger charge is 2.23. The molecule has 1 saturated heterocycles. The fourth-order valence-corrected chi connectivity index (χ4v) is 4.26. The van der Waals surface area contributed by atoms with E-state index in [0.29, 0.717) is 11.6 Å². The van der Waals surface area contributed by atoms with Crippen LogP contribution in [0.25, 0.3) is 10.9 Å². The van der Waals surface area contributed by atoms with Crippen LogP contribution in [0.1, 0.15) is 34.5 Å². The number of H-pyrrole nitrogens is 1. The van der Waals surface area contributed by atoms with Gasteiger partial charge in [-0.3, -0.25) is 9.69 Å². The molecule has 4 rings (SSSR count). The zero-order chi connectivity index (χ0) is 19.5. The molecule has 2 aromatic carbocycles. The van der Waals surface area contributed by atoms with Crippen molar-refractivity contribution >= 4 is 16.8 Å². The molecule has 146 valence electrons. The van der Waals surface area contributed by atoms with Gasteiger partial charge in [0.15, 0.2) is 0 Å². The lowest BCUT2D eigenvalue weighted by atomic mass is 9.95. The molecule has 4 heteroatoms. The number of hydrogen-bond acceptors (Lipinski definition) is 2. The Morgan fingerprint density at radius 2 is 1.89 bits per heavy atom. The largest absolute Gasteiger partial charge is 0.351 e. The second-order valence-corrected chi connectivity index (χ2v) is 8.16. The molecule has 4 nitrogen and oxygen atoms in total. The van der Waals surface area contributed by atoms with Crippen molar-refractivity contribution in [3.63, 3.8) is 0 Å². The number of para-hydroxylation sites is 1. The first-order valence-corrected chi connectivity index (χ1v) is 10.2. The topological polar surface area (TPSA) is 39.3 Å². The van der Waals surface area contributed by atoms with Gasteiger partial charge < -0.3 is 9.88 Å². The minimum atomic E-state index is 0.0818. The van der Waals surface area contributed by atoms with Crippen LogP contribution in [-0.4, -0.2) is 47.4 Å². The second-order valence-electron chi connectivity index (χ2n) is 8.16. The van der Waals surface area contributed by atoms with E-state index in [-0.39, 0.29) is 5.91 Å². The third-order valence-electron chi connectivity index (χ3n) is 5.83. The number of likely N-dealkylation sites (tertiary alicyclic amines) is 1. The number of amides is 1. The third-order valence-corrected chi connectivity index (χ3v) is 5.83. The molecule has 0 unspecified atom stereocenters. The van der Waals surface area contributed by atoms with E-state index in [0.717, 1.165) is 49.9 Å². The smallest absolute Gasteiger partial charge is 0.270 e. The molecular weight excluding hydrogens is 346 g/mol. The molecule has 0 aliphatic carbocycles. The SMILES string of the molecule is Cc1cccc(CN2CCC(CN(C)C(=O)c3cc4ccccc4[nH]3)CC2)c1. The molecule has 0 atom stereocenters. The Labute approximate surface area is 167 Å². The van der Waals surface area contributed by atoms with Gasteiger partial charge in [-0.15, -0.1) is 0 Å². The lowest BCUT2D eigenvalue weighted by molar-refractivity contribution is 0.0733. The van der Waals surface area contributed by atoms with Gasteiger partial charge in [0.25, 0.3) is 5.91 Å². The summed E-state index contributed by atoms with van der Waals surface area (Å²) in [5.74, 6) is 0.658. The number of carbonyl (C=O) groups excluding carboxylic acids is 1. The van der Waals surface area contributed by atoms with Crippen LogP contribution in [0.4, 0.5) is 0 Å². The van der Waals surface area contributed by atoms with Gasteiger partial charge >= 0.3 is 0 Å². The van der Waals surface area contributed by atoms with Crippen molar-refractivity contribution in [2.45, 2.75) is 26.3 Å². The predicted molar refractivity (Wildman–Crippen MR) is 114 cm³/mol. The molecule has 28 heavy (non-hydrogen) atoms. The Morgan fingerprint density at radius 1 is 1.11 bits per heavy atom. The van der Waals surface area contributed by atoms with Gasteiger partial charge in [-0.1, -0.05) is 48.0 Å². The first-order valence-electron chi connectivity index (χ1n) is 10.2. The van der Waals surface area contributed by atoms with E-state index in [9.17, 15) is 4.79 Å². The number of fused-ring (bicyclic) bond motifs is 1. The summed E-state index contributed by atoms with van der Waals surface area (Å²) in [6.45, 7) is 6.21. The van der Waals surface area contributed by atoms with Crippen molar-refractivity contribution in [1.29, 1.82) is 0 Å². The van der Waals surface area contributed by atoms with E-state index in [2.05, 4.69) is 41.1 Å². The molecule has 1 aliphatic rings. The molecule has 2 heterocycles. The summed E-state index contributed by atoms with van der Waals surface area (Å²) in [5.41, 5.74) is 4.42. The lowest BCUT2D eigenvalue weighted by Gasteiger charge is -2.34. The highest BCUT2D eigenvalue weighted by atomic mass is 16.2. The number of aromatic amines is 1. The van der Waals surface area contributed by atoms with Gasteiger partial charge in [0, 0.05) is 31.0 Å². The quantitative estimate of drug-likeness (QED) is 0.715. The van der Waals surface area contributed by atoms with E-state index in [4.69, 9.17) is 0 Å². The Kier molecular flexibility index (Phi) is 5.49.